The van der Waals surface area contributed by atoms with Gasteiger partial charge in [-0.25, -0.2) is 4.98 Å². The van der Waals surface area contributed by atoms with Crippen molar-refractivity contribution in [2.45, 2.75) is 38.1 Å². The molecule has 0 spiro atoms. The molecule has 2 aromatic rings. The lowest BCUT2D eigenvalue weighted by Crippen LogP contribution is -2.50. The number of carbonyl (C=O) groups excluding carboxylic acids is 1. The van der Waals surface area contributed by atoms with Crippen LogP contribution in [-0.2, 0) is 4.79 Å². The Morgan fingerprint density at radius 2 is 1.96 bits per heavy atom. The first-order valence-corrected chi connectivity index (χ1v) is 11.2. The van der Waals surface area contributed by atoms with Crippen LogP contribution in [0.5, 0.6) is 0 Å². The molecule has 1 amide bonds. The summed E-state index contributed by atoms with van der Waals surface area (Å²) in [6, 6.07) is 2.71. The molecule has 0 atom stereocenters. The van der Waals surface area contributed by atoms with Crippen molar-refractivity contribution in [3.8, 4) is 10.6 Å². The predicted molar refractivity (Wildman–Crippen MR) is 110 cm³/mol. The fourth-order valence-corrected chi connectivity index (χ4v) is 6.06. The van der Waals surface area contributed by atoms with Crippen LogP contribution >= 0.6 is 34.3 Å². The van der Waals surface area contributed by atoms with Crippen LogP contribution in [0.4, 0.5) is 10.1 Å². The van der Waals surface area contributed by atoms with Crippen molar-refractivity contribution in [2.75, 3.05) is 36.4 Å². The summed E-state index contributed by atoms with van der Waals surface area (Å²) in [5.41, 5.74) is 0.913. The minimum atomic E-state index is 0.587. The largest absolute Gasteiger partial charge is 0.359 e. The van der Waals surface area contributed by atoms with E-state index in [-0.39, 0.29) is 0 Å². The van der Waals surface area contributed by atoms with E-state index >= 15 is 0 Å². The first-order valence-electron chi connectivity index (χ1n) is 9.12. The molecule has 1 aliphatic carbocycles. The standard InChI is InChI=1S/C18H22ClN4OS2/c19-13-10-15(25-11-13)16-17(26-18(21-16)20-12-24)23-8-6-22(7-9-23)14-4-2-1-3-5-14/h10-11,14H,1-9H2,(H,20,21,24). The molecular formula is C18H22ClN4OS2. The Morgan fingerprint density at radius 3 is 2.62 bits per heavy atom. The second-order valence-electron chi connectivity index (χ2n) is 6.84. The highest BCUT2D eigenvalue weighted by molar-refractivity contribution is 7.21. The fourth-order valence-electron chi connectivity index (χ4n) is 3.96. The molecule has 8 heteroatoms. The van der Waals surface area contributed by atoms with Crippen LogP contribution in [0, 0.1) is 0 Å². The van der Waals surface area contributed by atoms with Crippen molar-refractivity contribution < 1.29 is 4.79 Å². The topological polar surface area (TPSA) is 48.5 Å². The number of amides is 1. The first kappa shape index (κ1) is 18.2. The van der Waals surface area contributed by atoms with Gasteiger partial charge in [0, 0.05) is 37.6 Å². The number of nitrogens with one attached hydrogen (secondary N) is 1. The van der Waals surface area contributed by atoms with Gasteiger partial charge < -0.3 is 4.90 Å². The SMILES string of the molecule is O=[C]Nc1nc(-c2cc(Cl)cs2)c(N2CCN(C3CCCCC3)CC2)s1. The van der Waals surface area contributed by atoms with E-state index in [4.69, 9.17) is 11.6 Å². The van der Waals surface area contributed by atoms with Gasteiger partial charge in [0.15, 0.2) is 5.13 Å². The molecule has 0 bridgehead atoms. The third-order valence-electron chi connectivity index (χ3n) is 5.26. The quantitative estimate of drug-likeness (QED) is 0.740. The van der Waals surface area contributed by atoms with Gasteiger partial charge in [0.2, 0.25) is 0 Å². The minimum absolute atomic E-state index is 0.587. The second kappa shape index (κ2) is 8.25. The van der Waals surface area contributed by atoms with Crippen LogP contribution in [0.3, 0.4) is 0 Å². The van der Waals surface area contributed by atoms with Gasteiger partial charge in [0.1, 0.15) is 10.7 Å². The van der Waals surface area contributed by atoms with E-state index in [1.165, 1.54) is 43.4 Å². The zero-order chi connectivity index (χ0) is 17.9. The number of halogens is 1. The fraction of sp³-hybridized carbons (Fsp3) is 0.556. The smallest absolute Gasteiger partial charge is 0.315 e. The highest BCUT2D eigenvalue weighted by Crippen LogP contribution is 2.42. The van der Waals surface area contributed by atoms with Crippen molar-refractivity contribution in [1.29, 1.82) is 0 Å². The highest BCUT2D eigenvalue weighted by Gasteiger charge is 2.28. The molecule has 1 N–H and O–H groups in total. The summed E-state index contributed by atoms with van der Waals surface area (Å²) in [5.74, 6) is 0. The molecule has 1 saturated heterocycles. The molecule has 26 heavy (non-hydrogen) atoms. The zero-order valence-electron chi connectivity index (χ0n) is 14.5. The molecule has 0 aromatic carbocycles. The lowest BCUT2D eigenvalue weighted by atomic mass is 9.94. The van der Waals surface area contributed by atoms with Crippen LogP contribution in [0.2, 0.25) is 5.02 Å². The number of thiazole rings is 1. The van der Waals surface area contributed by atoms with Crippen molar-refractivity contribution in [1.82, 2.24) is 9.88 Å². The number of anilines is 2. The van der Waals surface area contributed by atoms with E-state index in [0.29, 0.717) is 5.13 Å². The first-order chi connectivity index (χ1) is 12.7. The van der Waals surface area contributed by atoms with Crippen LogP contribution in [0.1, 0.15) is 32.1 Å². The van der Waals surface area contributed by atoms with Gasteiger partial charge in [-0.2, -0.15) is 0 Å². The molecule has 2 aromatic heterocycles. The predicted octanol–water partition coefficient (Wildman–Crippen LogP) is 4.46. The Hall–Kier alpha value is -1.15. The maximum atomic E-state index is 10.7. The monoisotopic (exact) mass is 409 g/mol. The third kappa shape index (κ3) is 3.91. The Kier molecular flexibility index (Phi) is 5.78. The summed E-state index contributed by atoms with van der Waals surface area (Å²) in [4.78, 5) is 21.4. The number of hydrogen-bond acceptors (Lipinski definition) is 6. The Bertz CT molecular complexity index is 748. The molecule has 1 saturated carbocycles. The second-order valence-corrected chi connectivity index (χ2v) is 9.17. The summed E-state index contributed by atoms with van der Waals surface area (Å²) in [6.07, 6.45) is 8.58. The van der Waals surface area contributed by atoms with Crippen LogP contribution in [-0.4, -0.2) is 48.5 Å². The number of piperazine rings is 1. The van der Waals surface area contributed by atoms with E-state index in [1.807, 2.05) is 11.4 Å². The van der Waals surface area contributed by atoms with Crippen molar-refractivity contribution in [3.05, 3.63) is 16.5 Å². The molecule has 4 rings (SSSR count). The molecule has 139 valence electrons. The molecule has 1 radical (unpaired) electrons. The lowest BCUT2D eigenvalue weighted by Gasteiger charge is -2.41. The van der Waals surface area contributed by atoms with Gasteiger partial charge in [-0.05, 0) is 18.9 Å². The summed E-state index contributed by atoms with van der Waals surface area (Å²) < 4.78 is 0. The van der Waals surface area contributed by atoms with Crippen LogP contribution in [0.15, 0.2) is 11.4 Å². The normalized spacial score (nSPS) is 19.7. The summed E-state index contributed by atoms with van der Waals surface area (Å²) >= 11 is 9.21. The van der Waals surface area contributed by atoms with Crippen LogP contribution < -0.4 is 10.2 Å². The number of rotatable bonds is 5. The molecule has 2 fully saturated rings. The van der Waals surface area contributed by atoms with Crippen LogP contribution in [0.25, 0.3) is 10.6 Å². The molecule has 2 aliphatic rings. The van der Waals surface area contributed by atoms with Gasteiger partial charge in [-0.1, -0.05) is 42.2 Å². The number of hydrogen-bond donors (Lipinski definition) is 1. The number of aromatic nitrogens is 1. The molecule has 1 aliphatic heterocycles. The van der Waals surface area contributed by atoms with E-state index in [2.05, 4.69) is 20.1 Å². The van der Waals surface area contributed by atoms with E-state index in [0.717, 1.165) is 52.8 Å². The van der Waals surface area contributed by atoms with E-state index in [1.54, 1.807) is 17.7 Å². The summed E-state index contributed by atoms with van der Waals surface area (Å²) in [5, 5.41) is 6.92. The Morgan fingerprint density at radius 1 is 1.19 bits per heavy atom. The van der Waals surface area contributed by atoms with E-state index < -0.39 is 0 Å². The Labute approximate surface area is 167 Å². The average molecular weight is 410 g/mol. The number of nitrogens with zero attached hydrogens (tertiary/aromatic N) is 3. The molecular weight excluding hydrogens is 388 g/mol. The van der Waals surface area contributed by atoms with Crippen molar-refractivity contribution >= 4 is 50.8 Å². The van der Waals surface area contributed by atoms with Crippen molar-refractivity contribution in [3.63, 3.8) is 0 Å². The minimum Gasteiger partial charge on any atom is -0.359 e. The molecule has 5 nitrogen and oxygen atoms in total. The van der Waals surface area contributed by atoms with Gasteiger partial charge in [0.25, 0.3) is 0 Å². The van der Waals surface area contributed by atoms with Gasteiger partial charge in [-0.3, -0.25) is 15.0 Å². The number of thiophene rings is 1. The maximum Gasteiger partial charge on any atom is 0.315 e. The zero-order valence-corrected chi connectivity index (χ0v) is 16.9. The molecule has 3 heterocycles. The molecule has 0 unspecified atom stereocenters. The van der Waals surface area contributed by atoms with Gasteiger partial charge in [-0.15, -0.1) is 11.3 Å². The van der Waals surface area contributed by atoms with Gasteiger partial charge >= 0.3 is 6.41 Å². The third-order valence-corrected chi connectivity index (χ3v) is 7.58. The van der Waals surface area contributed by atoms with Crippen molar-refractivity contribution in [2.24, 2.45) is 0 Å². The summed E-state index contributed by atoms with van der Waals surface area (Å²) in [7, 11) is 0. The van der Waals surface area contributed by atoms with Gasteiger partial charge in [0.05, 0.1) is 9.90 Å². The average Bonchev–Trinajstić information content (AvgIpc) is 3.29. The maximum absolute atomic E-state index is 10.7. The highest BCUT2D eigenvalue weighted by atomic mass is 35.5. The summed E-state index contributed by atoms with van der Waals surface area (Å²) in [6.45, 7) is 4.18. The lowest BCUT2D eigenvalue weighted by molar-refractivity contribution is 0.148. The van der Waals surface area contributed by atoms with E-state index in [9.17, 15) is 4.79 Å². The Balaban J connectivity index is 1.51.